The molecule has 0 heterocycles. The fourth-order valence-corrected chi connectivity index (χ4v) is 2.31. The summed E-state index contributed by atoms with van der Waals surface area (Å²) in [5.74, 6) is -0.516. The molecule has 2 rings (SSSR count). The Kier molecular flexibility index (Phi) is 5.80. The van der Waals surface area contributed by atoms with Gasteiger partial charge in [0.05, 0.1) is 12.5 Å². The first-order chi connectivity index (χ1) is 8.95. The van der Waals surface area contributed by atoms with Gasteiger partial charge in [0.25, 0.3) is 0 Å². The van der Waals surface area contributed by atoms with E-state index in [4.69, 9.17) is 5.11 Å². The molecule has 2 bridgehead atoms. The van der Waals surface area contributed by atoms with Gasteiger partial charge in [0, 0.05) is 5.57 Å². The van der Waals surface area contributed by atoms with E-state index in [1.807, 2.05) is 0 Å². The van der Waals surface area contributed by atoms with E-state index < -0.39 is 17.9 Å². The normalized spacial score (nSPS) is 24.3. The second-order valence-electron chi connectivity index (χ2n) is 5.02. The maximum absolute atomic E-state index is 10.9. The summed E-state index contributed by atoms with van der Waals surface area (Å²) in [6.45, 7) is 6.62. The Bertz CT molecular complexity index is 372. The van der Waals surface area contributed by atoms with Gasteiger partial charge in [-0.15, -0.1) is 0 Å². The van der Waals surface area contributed by atoms with Crippen LogP contribution in [0.1, 0.15) is 33.1 Å². The van der Waals surface area contributed by atoms with E-state index in [9.17, 15) is 9.59 Å². The van der Waals surface area contributed by atoms with Crippen molar-refractivity contribution < 1.29 is 19.4 Å². The first kappa shape index (κ1) is 15.5. The number of carbonyl (C=O) groups excluding carboxylic acids is 1. The first-order valence-electron chi connectivity index (χ1n) is 6.72. The van der Waals surface area contributed by atoms with E-state index in [2.05, 4.69) is 23.5 Å². The zero-order chi connectivity index (χ0) is 14.4. The smallest absolute Gasteiger partial charge is 0.331 e. The third kappa shape index (κ3) is 4.54. The van der Waals surface area contributed by atoms with Crippen LogP contribution in [-0.4, -0.2) is 23.7 Å². The van der Waals surface area contributed by atoms with Crippen molar-refractivity contribution >= 4 is 11.9 Å². The van der Waals surface area contributed by atoms with E-state index in [0.717, 1.165) is 11.8 Å². The third-order valence-electron chi connectivity index (χ3n) is 3.61. The highest BCUT2D eigenvalue weighted by atomic mass is 16.5. The molecule has 0 saturated heterocycles. The summed E-state index contributed by atoms with van der Waals surface area (Å²) in [5, 5.41) is 8.46. The average molecular weight is 266 g/mol. The molecule has 0 radical (unpaired) electrons. The molecule has 2 aliphatic rings. The van der Waals surface area contributed by atoms with Crippen LogP contribution in [0.5, 0.6) is 0 Å². The lowest BCUT2D eigenvalue weighted by Gasteiger charge is -2.09. The molecule has 3 unspecified atom stereocenters. The Hall–Kier alpha value is -1.58. The van der Waals surface area contributed by atoms with Crippen LogP contribution in [0.15, 0.2) is 24.3 Å². The molecule has 106 valence electrons. The molecule has 0 aromatic heterocycles. The van der Waals surface area contributed by atoms with Crippen LogP contribution < -0.4 is 0 Å². The minimum absolute atomic E-state index is 0.145. The van der Waals surface area contributed by atoms with E-state index in [0.29, 0.717) is 0 Å². The molecule has 0 aromatic rings. The van der Waals surface area contributed by atoms with Gasteiger partial charge in [-0.3, -0.25) is 4.79 Å². The van der Waals surface area contributed by atoms with Crippen molar-refractivity contribution in [3.8, 4) is 0 Å². The summed E-state index contributed by atoms with van der Waals surface area (Å²) in [4.78, 5) is 21.3. The number of carboxylic acids is 1. The van der Waals surface area contributed by atoms with Gasteiger partial charge in [0.1, 0.15) is 0 Å². The number of hydrogen-bond acceptors (Lipinski definition) is 3. The molecule has 19 heavy (non-hydrogen) atoms. The van der Waals surface area contributed by atoms with Crippen LogP contribution in [0, 0.1) is 17.8 Å². The Labute approximate surface area is 114 Å². The Morgan fingerprint density at radius 1 is 1.37 bits per heavy atom. The summed E-state index contributed by atoms with van der Waals surface area (Å²) < 4.78 is 4.61. The second kappa shape index (κ2) is 7.12. The molecule has 0 amide bonds. The minimum atomic E-state index is -1.17. The highest BCUT2D eigenvalue weighted by molar-refractivity contribution is 5.93. The van der Waals surface area contributed by atoms with Gasteiger partial charge in [-0.25, -0.2) is 4.79 Å². The van der Waals surface area contributed by atoms with E-state index >= 15 is 0 Å². The Morgan fingerprint density at radius 2 is 1.89 bits per heavy atom. The molecule has 4 nitrogen and oxygen atoms in total. The van der Waals surface area contributed by atoms with Gasteiger partial charge in [-0.2, -0.15) is 0 Å². The predicted octanol–water partition coefficient (Wildman–Crippen LogP) is 2.80. The minimum Gasteiger partial charge on any atom is -0.478 e. The fourth-order valence-electron chi connectivity index (χ4n) is 2.31. The summed E-state index contributed by atoms with van der Waals surface area (Å²) in [6, 6.07) is 0. The number of carbonyl (C=O) groups is 2. The maximum atomic E-state index is 10.9. The second-order valence-corrected chi connectivity index (χ2v) is 5.02. The summed E-state index contributed by atoms with van der Waals surface area (Å²) in [7, 11) is 0. The van der Waals surface area contributed by atoms with Crippen molar-refractivity contribution in [2.24, 2.45) is 17.8 Å². The van der Waals surface area contributed by atoms with Gasteiger partial charge in [0.15, 0.2) is 0 Å². The lowest BCUT2D eigenvalue weighted by Crippen LogP contribution is -2.20. The molecule has 0 spiro atoms. The largest absolute Gasteiger partial charge is 0.478 e. The van der Waals surface area contributed by atoms with Gasteiger partial charge in [-0.1, -0.05) is 18.7 Å². The monoisotopic (exact) mass is 266 g/mol. The molecule has 4 heteroatoms. The van der Waals surface area contributed by atoms with Crippen LogP contribution in [0.4, 0.5) is 0 Å². The number of fused-ring (bicyclic) bond motifs is 2. The lowest BCUT2D eigenvalue weighted by molar-refractivity contribution is -0.148. The van der Waals surface area contributed by atoms with Crippen molar-refractivity contribution in [3.63, 3.8) is 0 Å². The summed E-state index contributed by atoms with van der Waals surface area (Å²) in [6.07, 6.45) is 9.19. The zero-order valence-corrected chi connectivity index (χ0v) is 11.6. The number of aliphatic carboxylic acids is 1. The number of carboxylic acid groups (broad SMARTS) is 1. The van der Waals surface area contributed by atoms with Gasteiger partial charge >= 0.3 is 11.9 Å². The predicted molar refractivity (Wildman–Crippen MR) is 72.5 cm³/mol. The number of rotatable bonds is 4. The molecule has 3 atom stereocenters. The van der Waals surface area contributed by atoms with E-state index in [-0.39, 0.29) is 12.2 Å². The lowest BCUT2D eigenvalue weighted by atomic mass is 10.0. The SMILES string of the molecule is C1=CC2CCC1C2.C=C(C(=O)O)C(C)C(=O)OCC. The highest BCUT2D eigenvalue weighted by Crippen LogP contribution is 2.38. The molecule has 1 fully saturated rings. The van der Waals surface area contributed by atoms with Gasteiger partial charge in [-0.05, 0) is 44.9 Å². The average Bonchev–Trinajstić information content (AvgIpc) is 3.02. The van der Waals surface area contributed by atoms with Crippen molar-refractivity contribution in [2.75, 3.05) is 6.61 Å². The topological polar surface area (TPSA) is 63.6 Å². The third-order valence-corrected chi connectivity index (χ3v) is 3.61. The van der Waals surface area contributed by atoms with Crippen molar-refractivity contribution in [2.45, 2.75) is 33.1 Å². The quantitative estimate of drug-likeness (QED) is 0.483. The number of allylic oxidation sites excluding steroid dienone is 2. The van der Waals surface area contributed by atoms with Gasteiger partial charge < -0.3 is 9.84 Å². The summed E-state index contributed by atoms with van der Waals surface area (Å²) in [5.41, 5.74) is -0.145. The Balaban J connectivity index is 0.000000213. The molecule has 0 aliphatic heterocycles. The van der Waals surface area contributed by atoms with Crippen LogP contribution in [0.25, 0.3) is 0 Å². The molecular formula is C15H22O4. The number of ether oxygens (including phenoxy) is 1. The van der Waals surface area contributed by atoms with Crippen LogP contribution in [-0.2, 0) is 14.3 Å². The zero-order valence-electron chi connectivity index (χ0n) is 11.6. The molecule has 1 N–H and O–H groups in total. The maximum Gasteiger partial charge on any atom is 0.331 e. The Morgan fingerprint density at radius 3 is 2.16 bits per heavy atom. The molecule has 2 aliphatic carbocycles. The summed E-state index contributed by atoms with van der Waals surface area (Å²) >= 11 is 0. The number of hydrogen-bond donors (Lipinski definition) is 1. The van der Waals surface area contributed by atoms with Crippen LogP contribution in [0.3, 0.4) is 0 Å². The van der Waals surface area contributed by atoms with E-state index in [1.165, 1.54) is 26.2 Å². The van der Waals surface area contributed by atoms with Gasteiger partial charge in [0.2, 0.25) is 0 Å². The first-order valence-corrected chi connectivity index (χ1v) is 6.72. The van der Waals surface area contributed by atoms with Crippen molar-refractivity contribution in [3.05, 3.63) is 24.3 Å². The molecule has 0 aromatic carbocycles. The van der Waals surface area contributed by atoms with Crippen molar-refractivity contribution in [1.29, 1.82) is 0 Å². The molecular weight excluding hydrogens is 244 g/mol. The highest BCUT2D eigenvalue weighted by Gasteiger charge is 2.25. The van der Waals surface area contributed by atoms with Crippen LogP contribution >= 0.6 is 0 Å². The standard InChI is InChI=1S/C8H12O4.C7H10/c1-4-12-8(11)6(3)5(2)7(9)10;1-2-7-4-3-6(1)5-7/h6H,2,4H2,1,3H3,(H,9,10);1-2,6-7H,3-5H2. The van der Waals surface area contributed by atoms with E-state index in [1.54, 1.807) is 6.92 Å². The fraction of sp³-hybridized carbons (Fsp3) is 0.600. The molecule has 1 saturated carbocycles. The van der Waals surface area contributed by atoms with Crippen LogP contribution in [0.2, 0.25) is 0 Å². The number of esters is 1. The van der Waals surface area contributed by atoms with Crippen molar-refractivity contribution in [1.82, 2.24) is 0 Å².